The fraction of sp³-hybridized carbons (Fsp3) is 0.278. The van der Waals surface area contributed by atoms with Crippen LogP contribution < -0.4 is 9.64 Å². The number of benzene rings is 2. The molecule has 0 radical (unpaired) electrons. The number of halogens is 1. The van der Waals surface area contributed by atoms with Crippen molar-refractivity contribution in [2.75, 3.05) is 31.3 Å². The third-order valence-corrected chi connectivity index (χ3v) is 4.64. The average molecular weight is 390 g/mol. The summed E-state index contributed by atoms with van der Waals surface area (Å²) in [5, 5.41) is 0. The van der Waals surface area contributed by atoms with E-state index in [1.54, 1.807) is 4.90 Å². The predicted octanol–water partition coefficient (Wildman–Crippen LogP) is 3.07. The molecule has 0 N–H and O–H groups in total. The maximum atomic E-state index is 12.9. The molecule has 0 aromatic heterocycles. The van der Waals surface area contributed by atoms with E-state index in [-0.39, 0.29) is 5.91 Å². The molecule has 2 heterocycles. The standard InChI is InChI=1S/C18H16BrNO4/c19-13-6-7-16-15(12-13)18(23-10-11-24-18)17(21)20(16)8-9-22-14-4-2-1-3-5-14/h1-7,12H,8-11H2. The average Bonchev–Trinajstić information content (AvgIpc) is 3.17. The molecule has 0 unspecified atom stereocenters. The molecule has 0 saturated carbocycles. The molecule has 1 amide bonds. The van der Waals surface area contributed by atoms with Gasteiger partial charge in [-0.3, -0.25) is 4.79 Å². The molecule has 1 saturated heterocycles. The highest BCUT2D eigenvalue weighted by atomic mass is 79.9. The first-order chi connectivity index (χ1) is 11.7. The highest BCUT2D eigenvalue weighted by Gasteiger charge is 2.55. The van der Waals surface area contributed by atoms with Crippen molar-refractivity contribution in [2.24, 2.45) is 0 Å². The van der Waals surface area contributed by atoms with Crippen LogP contribution in [0.15, 0.2) is 53.0 Å². The maximum Gasteiger partial charge on any atom is 0.292 e. The Bertz CT molecular complexity index is 759. The minimum absolute atomic E-state index is 0.190. The van der Waals surface area contributed by atoms with Crippen molar-refractivity contribution in [3.63, 3.8) is 0 Å². The van der Waals surface area contributed by atoms with Crippen molar-refractivity contribution in [3.05, 3.63) is 58.6 Å². The lowest BCUT2D eigenvalue weighted by molar-refractivity contribution is -0.180. The van der Waals surface area contributed by atoms with Gasteiger partial charge in [0.15, 0.2) is 0 Å². The molecule has 124 valence electrons. The summed E-state index contributed by atoms with van der Waals surface area (Å²) >= 11 is 3.45. The lowest BCUT2D eigenvalue weighted by Gasteiger charge is -2.22. The van der Waals surface area contributed by atoms with Gasteiger partial charge in [0, 0.05) is 10.0 Å². The zero-order valence-corrected chi connectivity index (χ0v) is 14.5. The smallest absolute Gasteiger partial charge is 0.292 e. The Morgan fingerprint density at radius 1 is 1.12 bits per heavy atom. The van der Waals surface area contributed by atoms with Crippen LogP contribution in [0.4, 0.5) is 5.69 Å². The van der Waals surface area contributed by atoms with Gasteiger partial charge in [-0.25, -0.2) is 0 Å². The second kappa shape index (κ2) is 6.20. The van der Waals surface area contributed by atoms with Crippen LogP contribution in [0, 0.1) is 0 Å². The van der Waals surface area contributed by atoms with E-state index in [9.17, 15) is 4.79 Å². The number of amides is 1. The molecular formula is C18H16BrNO4. The zero-order valence-electron chi connectivity index (χ0n) is 12.9. The van der Waals surface area contributed by atoms with Crippen molar-refractivity contribution in [1.82, 2.24) is 0 Å². The summed E-state index contributed by atoms with van der Waals surface area (Å²) in [4.78, 5) is 14.6. The van der Waals surface area contributed by atoms with E-state index in [1.807, 2.05) is 48.5 Å². The molecule has 2 aliphatic rings. The molecule has 2 aromatic rings. The van der Waals surface area contributed by atoms with Crippen molar-refractivity contribution in [3.8, 4) is 5.75 Å². The molecule has 4 rings (SSSR count). The topological polar surface area (TPSA) is 48.0 Å². The monoisotopic (exact) mass is 389 g/mol. The van der Waals surface area contributed by atoms with E-state index in [0.29, 0.717) is 26.4 Å². The first-order valence-corrected chi connectivity index (χ1v) is 8.58. The number of hydrogen-bond donors (Lipinski definition) is 0. The molecule has 6 heteroatoms. The molecule has 5 nitrogen and oxygen atoms in total. The molecule has 24 heavy (non-hydrogen) atoms. The van der Waals surface area contributed by atoms with Gasteiger partial charge >= 0.3 is 0 Å². The van der Waals surface area contributed by atoms with Crippen LogP contribution in [0.1, 0.15) is 5.56 Å². The second-order valence-electron chi connectivity index (χ2n) is 5.59. The lowest BCUT2D eigenvalue weighted by atomic mass is 10.1. The van der Waals surface area contributed by atoms with E-state index in [0.717, 1.165) is 21.5 Å². The van der Waals surface area contributed by atoms with Gasteiger partial charge in [0.1, 0.15) is 12.4 Å². The van der Waals surface area contributed by atoms with Crippen LogP contribution in [0.2, 0.25) is 0 Å². The first-order valence-electron chi connectivity index (χ1n) is 7.78. The minimum atomic E-state index is -1.30. The Morgan fingerprint density at radius 2 is 1.88 bits per heavy atom. The second-order valence-corrected chi connectivity index (χ2v) is 6.51. The van der Waals surface area contributed by atoms with E-state index in [4.69, 9.17) is 14.2 Å². The van der Waals surface area contributed by atoms with Gasteiger partial charge in [-0.1, -0.05) is 34.1 Å². The van der Waals surface area contributed by atoms with Crippen LogP contribution >= 0.6 is 15.9 Å². The highest BCUT2D eigenvalue weighted by molar-refractivity contribution is 9.10. The summed E-state index contributed by atoms with van der Waals surface area (Å²) in [7, 11) is 0. The predicted molar refractivity (Wildman–Crippen MR) is 92.0 cm³/mol. The van der Waals surface area contributed by atoms with Crippen molar-refractivity contribution >= 4 is 27.5 Å². The van der Waals surface area contributed by atoms with Gasteiger partial charge in [-0.05, 0) is 30.3 Å². The zero-order chi connectivity index (χ0) is 16.6. The number of para-hydroxylation sites is 1. The largest absolute Gasteiger partial charge is 0.492 e. The van der Waals surface area contributed by atoms with Gasteiger partial charge in [-0.15, -0.1) is 0 Å². The third kappa shape index (κ3) is 2.51. The number of fused-ring (bicyclic) bond motifs is 2. The minimum Gasteiger partial charge on any atom is -0.492 e. The number of nitrogens with zero attached hydrogens (tertiary/aromatic N) is 1. The summed E-state index contributed by atoms with van der Waals surface area (Å²) in [5.74, 6) is -0.709. The molecule has 1 spiro atoms. The van der Waals surface area contributed by atoms with Crippen molar-refractivity contribution in [1.29, 1.82) is 0 Å². The fourth-order valence-electron chi connectivity index (χ4n) is 3.09. The Labute approximate surface area is 148 Å². The van der Waals surface area contributed by atoms with Gasteiger partial charge in [0.05, 0.1) is 25.4 Å². The van der Waals surface area contributed by atoms with Gasteiger partial charge in [0.2, 0.25) is 0 Å². The Morgan fingerprint density at radius 3 is 2.62 bits per heavy atom. The Hall–Kier alpha value is -1.89. The number of ether oxygens (including phenoxy) is 3. The molecular weight excluding hydrogens is 374 g/mol. The number of carbonyl (C=O) groups excluding carboxylic acids is 1. The number of anilines is 1. The molecule has 0 bridgehead atoms. The molecule has 0 aliphatic carbocycles. The molecule has 2 aliphatic heterocycles. The van der Waals surface area contributed by atoms with Crippen LogP contribution in [0.3, 0.4) is 0 Å². The Balaban J connectivity index is 1.57. The lowest BCUT2D eigenvalue weighted by Crippen LogP contribution is -2.42. The van der Waals surface area contributed by atoms with Crippen LogP contribution in [-0.4, -0.2) is 32.3 Å². The fourth-order valence-corrected chi connectivity index (χ4v) is 3.46. The maximum absolute atomic E-state index is 12.9. The first kappa shape index (κ1) is 15.6. The number of rotatable bonds is 4. The van der Waals surface area contributed by atoms with E-state index < -0.39 is 5.79 Å². The normalized spacial score (nSPS) is 18.2. The quantitative estimate of drug-likeness (QED) is 0.805. The summed E-state index contributed by atoms with van der Waals surface area (Å²) in [6.45, 7) is 1.64. The summed E-state index contributed by atoms with van der Waals surface area (Å²) in [6, 6.07) is 15.2. The van der Waals surface area contributed by atoms with Crippen LogP contribution in [0.25, 0.3) is 0 Å². The molecule has 2 aromatic carbocycles. The highest BCUT2D eigenvalue weighted by Crippen LogP contribution is 2.46. The van der Waals surface area contributed by atoms with E-state index >= 15 is 0 Å². The van der Waals surface area contributed by atoms with Crippen LogP contribution in [-0.2, 0) is 20.1 Å². The SMILES string of the molecule is O=C1N(CCOc2ccccc2)c2ccc(Br)cc2C12OCCO2. The van der Waals surface area contributed by atoms with Gasteiger partial charge < -0.3 is 19.1 Å². The summed E-state index contributed by atoms with van der Waals surface area (Å²) < 4.78 is 18.0. The Kier molecular flexibility index (Phi) is 4.04. The summed E-state index contributed by atoms with van der Waals surface area (Å²) in [5.41, 5.74) is 1.56. The number of carbonyl (C=O) groups is 1. The molecule has 1 fully saturated rings. The van der Waals surface area contributed by atoms with Crippen molar-refractivity contribution < 1.29 is 19.0 Å². The van der Waals surface area contributed by atoms with Crippen LogP contribution in [0.5, 0.6) is 5.75 Å². The van der Waals surface area contributed by atoms with Gasteiger partial charge in [-0.2, -0.15) is 0 Å². The van der Waals surface area contributed by atoms with Crippen molar-refractivity contribution in [2.45, 2.75) is 5.79 Å². The van der Waals surface area contributed by atoms with E-state index in [1.165, 1.54) is 0 Å². The molecule has 0 atom stereocenters. The summed E-state index contributed by atoms with van der Waals surface area (Å²) in [6.07, 6.45) is 0. The third-order valence-electron chi connectivity index (χ3n) is 4.15. The van der Waals surface area contributed by atoms with E-state index in [2.05, 4.69) is 15.9 Å². The number of hydrogen-bond acceptors (Lipinski definition) is 4. The van der Waals surface area contributed by atoms with Gasteiger partial charge in [0.25, 0.3) is 11.7 Å².